The molecule has 0 saturated heterocycles. The number of methoxy groups -OCH3 is 1. The van der Waals surface area contributed by atoms with Crippen molar-refractivity contribution in [3.05, 3.63) is 46.9 Å². The van der Waals surface area contributed by atoms with Crippen LogP contribution < -0.4 is 10.6 Å². The third-order valence-electron chi connectivity index (χ3n) is 1.94. The van der Waals surface area contributed by atoms with Crippen molar-refractivity contribution in [2.45, 2.75) is 10.6 Å². The standard InChI is InChI=1S/C11H10O4S/c1-13-8-2-4-10(5-3-8)16-7-9-6-14-11(12)15-9/h2-6H,7H2,1H3. The first-order valence-electron chi connectivity index (χ1n) is 4.62. The van der Waals surface area contributed by atoms with E-state index in [4.69, 9.17) is 9.15 Å². The van der Waals surface area contributed by atoms with Crippen LogP contribution in [-0.4, -0.2) is 7.11 Å². The Morgan fingerprint density at radius 3 is 2.62 bits per heavy atom. The number of benzene rings is 1. The summed E-state index contributed by atoms with van der Waals surface area (Å²) < 4.78 is 14.4. The van der Waals surface area contributed by atoms with Crippen LogP contribution >= 0.6 is 11.8 Å². The van der Waals surface area contributed by atoms with Crippen LogP contribution in [0.15, 0.2) is 49.1 Å². The van der Waals surface area contributed by atoms with E-state index in [1.807, 2.05) is 24.3 Å². The molecule has 0 aliphatic carbocycles. The van der Waals surface area contributed by atoms with Crippen molar-refractivity contribution in [2.75, 3.05) is 7.11 Å². The summed E-state index contributed by atoms with van der Waals surface area (Å²) in [6.45, 7) is 0. The van der Waals surface area contributed by atoms with Gasteiger partial charge in [0.15, 0.2) is 5.76 Å². The summed E-state index contributed by atoms with van der Waals surface area (Å²) in [6, 6.07) is 7.66. The molecule has 0 aliphatic rings. The summed E-state index contributed by atoms with van der Waals surface area (Å²) in [5, 5.41) is 0. The van der Waals surface area contributed by atoms with Gasteiger partial charge in [0.2, 0.25) is 0 Å². The molecule has 0 radical (unpaired) electrons. The highest BCUT2D eigenvalue weighted by Crippen LogP contribution is 2.24. The van der Waals surface area contributed by atoms with E-state index in [0.29, 0.717) is 11.5 Å². The predicted molar refractivity (Wildman–Crippen MR) is 59.8 cm³/mol. The first-order valence-corrected chi connectivity index (χ1v) is 5.61. The molecule has 0 bridgehead atoms. The molecule has 5 heteroatoms. The zero-order valence-corrected chi connectivity index (χ0v) is 9.45. The lowest BCUT2D eigenvalue weighted by molar-refractivity contribution is 0.378. The molecule has 0 fully saturated rings. The summed E-state index contributed by atoms with van der Waals surface area (Å²) in [7, 11) is 1.63. The first-order chi connectivity index (χ1) is 7.78. The Bertz CT molecular complexity index is 497. The van der Waals surface area contributed by atoms with E-state index >= 15 is 0 Å². The Morgan fingerprint density at radius 2 is 2.06 bits per heavy atom. The highest BCUT2D eigenvalue weighted by molar-refractivity contribution is 7.98. The molecule has 0 unspecified atom stereocenters. The van der Waals surface area contributed by atoms with Gasteiger partial charge >= 0.3 is 5.82 Å². The van der Waals surface area contributed by atoms with E-state index in [2.05, 4.69) is 4.42 Å². The molecule has 84 valence electrons. The van der Waals surface area contributed by atoms with Crippen molar-refractivity contribution in [1.82, 2.24) is 0 Å². The molecule has 0 spiro atoms. The molecule has 2 rings (SSSR count). The van der Waals surface area contributed by atoms with Crippen molar-refractivity contribution in [3.63, 3.8) is 0 Å². The van der Waals surface area contributed by atoms with E-state index < -0.39 is 5.82 Å². The molecule has 1 aromatic carbocycles. The highest BCUT2D eigenvalue weighted by Gasteiger charge is 2.02. The zero-order valence-electron chi connectivity index (χ0n) is 8.64. The molecular weight excluding hydrogens is 228 g/mol. The van der Waals surface area contributed by atoms with Crippen LogP contribution in [0.3, 0.4) is 0 Å². The summed E-state index contributed by atoms with van der Waals surface area (Å²) in [5.41, 5.74) is 0. The second-order valence-electron chi connectivity index (χ2n) is 3.02. The van der Waals surface area contributed by atoms with Gasteiger partial charge in [-0.25, -0.2) is 4.79 Å². The second-order valence-corrected chi connectivity index (χ2v) is 4.07. The van der Waals surface area contributed by atoms with Gasteiger partial charge < -0.3 is 13.6 Å². The van der Waals surface area contributed by atoms with Gasteiger partial charge in [-0.1, -0.05) is 0 Å². The fourth-order valence-corrected chi connectivity index (χ4v) is 1.92. The molecule has 0 atom stereocenters. The van der Waals surface area contributed by atoms with Crippen LogP contribution in [0.2, 0.25) is 0 Å². The lowest BCUT2D eigenvalue weighted by atomic mass is 10.3. The van der Waals surface area contributed by atoms with Gasteiger partial charge in [-0.2, -0.15) is 0 Å². The van der Waals surface area contributed by atoms with Crippen molar-refractivity contribution in [3.8, 4) is 5.75 Å². The van der Waals surface area contributed by atoms with Crippen molar-refractivity contribution < 1.29 is 13.6 Å². The van der Waals surface area contributed by atoms with Crippen molar-refractivity contribution in [2.24, 2.45) is 0 Å². The van der Waals surface area contributed by atoms with Crippen LogP contribution in [0.1, 0.15) is 5.76 Å². The molecule has 0 aliphatic heterocycles. The quantitative estimate of drug-likeness (QED) is 0.766. The zero-order chi connectivity index (χ0) is 11.4. The minimum Gasteiger partial charge on any atom is -0.497 e. The molecule has 0 saturated carbocycles. The molecule has 1 heterocycles. The maximum atomic E-state index is 10.6. The molecular formula is C11H10O4S. The SMILES string of the molecule is COc1ccc(SCc2coc(=O)o2)cc1. The Hall–Kier alpha value is -1.62. The number of thioether (sulfide) groups is 1. The number of ether oxygens (including phenoxy) is 1. The highest BCUT2D eigenvalue weighted by atomic mass is 32.2. The summed E-state index contributed by atoms with van der Waals surface area (Å²) in [4.78, 5) is 11.7. The summed E-state index contributed by atoms with van der Waals surface area (Å²) >= 11 is 1.56. The Kier molecular flexibility index (Phi) is 3.36. The lowest BCUT2D eigenvalue weighted by Crippen LogP contribution is -1.86. The maximum absolute atomic E-state index is 10.6. The normalized spacial score (nSPS) is 10.3. The summed E-state index contributed by atoms with van der Waals surface area (Å²) in [5.74, 6) is 1.26. The number of rotatable bonds is 4. The van der Waals surface area contributed by atoms with E-state index in [1.165, 1.54) is 6.26 Å². The monoisotopic (exact) mass is 238 g/mol. The van der Waals surface area contributed by atoms with Crippen LogP contribution in [-0.2, 0) is 5.75 Å². The largest absolute Gasteiger partial charge is 0.518 e. The minimum atomic E-state index is -0.662. The van der Waals surface area contributed by atoms with E-state index in [0.717, 1.165) is 10.6 Å². The molecule has 0 amide bonds. The average molecular weight is 238 g/mol. The van der Waals surface area contributed by atoms with Gasteiger partial charge in [0.05, 0.1) is 12.9 Å². The van der Waals surface area contributed by atoms with Crippen LogP contribution in [0.5, 0.6) is 5.75 Å². The van der Waals surface area contributed by atoms with Gasteiger partial charge in [-0.15, -0.1) is 11.8 Å². The topological polar surface area (TPSA) is 52.6 Å². The summed E-state index contributed by atoms with van der Waals surface area (Å²) in [6.07, 6.45) is 1.33. The average Bonchev–Trinajstić information content (AvgIpc) is 2.73. The third kappa shape index (κ3) is 2.70. The predicted octanol–water partition coefficient (Wildman–Crippen LogP) is 2.53. The van der Waals surface area contributed by atoms with Crippen LogP contribution in [0, 0.1) is 0 Å². The van der Waals surface area contributed by atoms with Crippen LogP contribution in [0.4, 0.5) is 0 Å². The van der Waals surface area contributed by atoms with Crippen LogP contribution in [0.25, 0.3) is 0 Å². The number of hydrogen-bond donors (Lipinski definition) is 0. The molecule has 2 aromatic rings. The van der Waals surface area contributed by atoms with Gasteiger partial charge in [0, 0.05) is 4.90 Å². The van der Waals surface area contributed by atoms with E-state index in [9.17, 15) is 4.79 Å². The molecule has 4 nitrogen and oxygen atoms in total. The van der Waals surface area contributed by atoms with E-state index in [-0.39, 0.29) is 0 Å². The van der Waals surface area contributed by atoms with Gasteiger partial charge in [-0.3, -0.25) is 0 Å². The fourth-order valence-electron chi connectivity index (χ4n) is 1.16. The molecule has 0 N–H and O–H groups in total. The molecule has 16 heavy (non-hydrogen) atoms. The minimum absolute atomic E-state index is 0.533. The first kappa shape index (κ1) is 10.9. The van der Waals surface area contributed by atoms with Gasteiger partial charge in [0.25, 0.3) is 0 Å². The Balaban J connectivity index is 1.96. The Labute approximate surface area is 96.2 Å². The third-order valence-corrected chi connectivity index (χ3v) is 2.98. The van der Waals surface area contributed by atoms with Gasteiger partial charge in [-0.05, 0) is 24.3 Å². The fraction of sp³-hybridized carbons (Fsp3) is 0.182. The smallest absolute Gasteiger partial charge is 0.497 e. The van der Waals surface area contributed by atoms with E-state index in [1.54, 1.807) is 18.9 Å². The lowest BCUT2D eigenvalue weighted by Gasteiger charge is -2.01. The Morgan fingerprint density at radius 1 is 1.31 bits per heavy atom. The molecule has 1 aromatic heterocycles. The van der Waals surface area contributed by atoms with Crippen molar-refractivity contribution >= 4 is 11.8 Å². The van der Waals surface area contributed by atoms with Crippen molar-refractivity contribution in [1.29, 1.82) is 0 Å². The number of hydrogen-bond acceptors (Lipinski definition) is 5. The maximum Gasteiger partial charge on any atom is 0.518 e. The second kappa shape index (κ2) is 4.94. The van der Waals surface area contributed by atoms with Gasteiger partial charge in [0.1, 0.15) is 12.0 Å².